The highest BCUT2D eigenvalue weighted by atomic mass is 28.3. The predicted molar refractivity (Wildman–Crippen MR) is 85.3 cm³/mol. The maximum absolute atomic E-state index is 10.1. The maximum Gasteiger partial charge on any atom is 0.104 e. The Morgan fingerprint density at radius 1 is 1.21 bits per heavy atom. The Labute approximate surface area is 118 Å². The summed E-state index contributed by atoms with van der Waals surface area (Å²) in [5, 5.41) is 11.5. The van der Waals surface area contributed by atoms with Gasteiger partial charge in [-0.15, -0.1) is 0 Å². The minimum atomic E-state index is -1.53. The fraction of sp³-hybridized carbons (Fsp3) is 0.529. The van der Waals surface area contributed by atoms with Crippen molar-refractivity contribution in [2.75, 3.05) is 0 Å². The van der Waals surface area contributed by atoms with Crippen molar-refractivity contribution in [3.8, 4) is 0 Å². The van der Waals surface area contributed by atoms with Gasteiger partial charge in [0.25, 0.3) is 0 Å². The lowest BCUT2D eigenvalue weighted by Gasteiger charge is -2.36. The van der Waals surface area contributed by atoms with Crippen molar-refractivity contribution in [2.45, 2.75) is 52.3 Å². The van der Waals surface area contributed by atoms with Crippen LogP contribution in [0.4, 0.5) is 0 Å². The highest BCUT2D eigenvalue weighted by molar-refractivity contribution is 6.94. The van der Waals surface area contributed by atoms with E-state index in [2.05, 4.69) is 63.0 Å². The summed E-state index contributed by atoms with van der Waals surface area (Å²) in [5.74, 6) is 0. The van der Waals surface area contributed by atoms with Gasteiger partial charge in [-0.05, 0) is 24.7 Å². The molecule has 1 aliphatic carbocycles. The van der Waals surface area contributed by atoms with Gasteiger partial charge in [-0.1, -0.05) is 73.7 Å². The third-order valence-electron chi connectivity index (χ3n) is 4.07. The second-order valence-corrected chi connectivity index (χ2v) is 11.6. The van der Waals surface area contributed by atoms with Crippen LogP contribution in [0.3, 0.4) is 0 Å². The molecule has 0 bridgehead atoms. The third-order valence-corrected chi connectivity index (χ3v) is 7.03. The largest absolute Gasteiger partial charge is 0.393 e. The lowest BCUT2D eigenvalue weighted by Crippen LogP contribution is -2.40. The second kappa shape index (κ2) is 5.26. The van der Waals surface area contributed by atoms with Crippen molar-refractivity contribution in [2.24, 2.45) is 5.41 Å². The van der Waals surface area contributed by atoms with Crippen LogP contribution in [0.5, 0.6) is 0 Å². The molecular weight excluding hydrogens is 248 g/mol. The van der Waals surface area contributed by atoms with Crippen molar-refractivity contribution in [3.05, 3.63) is 41.6 Å². The van der Waals surface area contributed by atoms with E-state index in [0.717, 1.165) is 19.3 Å². The highest BCUT2D eigenvalue weighted by Crippen LogP contribution is 2.38. The molecule has 1 aromatic carbocycles. The Bertz CT molecular complexity index is 459. The molecule has 1 N–H and O–H groups in total. The van der Waals surface area contributed by atoms with Gasteiger partial charge < -0.3 is 5.11 Å². The smallest absolute Gasteiger partial charge is 0.104 e. The number of benzene rings is 1. The van der Waals surface area contributed by atoms with E-state index in [1.807, 2.05) is 0 Å². The fourth-order valence-corrected chi connectivity index (χ4v) is 5.80. The molecular formula is C17H26OSi. The number of aliphatic hydroxyl groups is 1. The highest BCUT2D eigenvalue weighted by Gasteiger charge is 2.31. The Morgan fingerprint density at radius 2 is 1.84 bits per heavy atom. The fourth-order valence-electron chi connectivity index (χ4n) is 3.34. The molecule has 2 heteroatoms. The van der Waals surface area contributed by atoms with Crippen LogP contribution in [-0.2, 0) is 0 Å². The lowest BCUT2D eigenvalue weighted by atomic mass is 9.74. The number of hydrogen-bond donors (Lipinski definition) is 1. The van der Waals surface area contributed by atoms with E-state index >= 15 is 0 Å². The first-order valence-electron chi connectivity index (χ1n) is 7.23. The molecule has 0 aromatic heterocycles. The van der Waals surface area contributed by atoms with Gasteiger partial charge in [0, 0.05) is 0 Å². The molecule has 0 amide bonds. The summed E-state index contributed by atoms with van der Waals surface area (Å²) in [6.07, 6.45) is 2.77. The van der Waals surface area contributed by atoms with Crippen molar-refractivity contribution in [1.29, 1.82) is 0 Å². The van der Waals surface area contributed by atoms with E-state index in [-0.39, 0.29) is 11.5 Å². The summed E-state index contributed by atoms with van der Waals surface area (Å²) < 4.78 is 0. The predicted octanol–water partition coefficient (Wildman–Crippen LogP) is 3.64. The van der Waals surface area contributed by atoms with Crippen molar-refractivity contribution >= 4 is 13.3 Å². The Morgan fingerprint density at radius 3 is 2.42 bits per heavy atom. The van der Waals surface area contributed by atoms with Crippen LogP contribution in [0.2, 0.25) is 13.1 Å². The van der Waals surface area contributed by atoms with Gasteiger partial charge in [-0.3, -0.25) is 0 Å². The molecule has 2 rings (SSSR count). The lowest BCUT2D eigenvalue weighted by molar-refractivity contribution is 0.0907. The summed E-state index contributed by atoms with van der Waals surface area (Å²) >= 11 is 0. The first-order valence-corrected chi connectivity index (χ1v) is 10.3. The van der Waals surface area contributed by atoms with Gasteiger partial charge in [-0.25, -0.2) is 0 Å². The molecule has 1 aliphatic rings. The van der Waals surface area contributed by atoms with Crippen LogP contribution in [0.1, 0.15) is 33.1 Å². The minimum Gasteiger partial charge on any atom is -0.393 e. The van der Waals surface area contributed by atoms with Gasteiger partial charge in [0.2, 0.25) is 0 Å². The first kappa shape index (κ1) is 14.5. The van der Waals surface area contributed by atoms with Crippen molar-refractivity contribution in [3.63, 3.8) is 0 Å². The molecule has 19 heavy (non-hydrogen) atoms. The minimum absolute atomic E-state index is 0.157. The average Bonchev–Trinajstić information content (AvgIpc) is 2.26. The van der Waals surface area contributed by atoms with Crippen molar-refractivity contribution in [1.82, 2.24) is 0 Å². The summed E-state index contributed by atoms with van der Waals surface area (Å²) in [4.78, 5) is 0. The van der Waals surface area contributed by atoms with Gasteiger partial charge in [0.05, 0.1) is 6.10 Å². The van der Waals surface area contributed by atoms with Crippen LogP contribution in [0, 0.1) is 5.41 Å². The van der Waals surface area contributed by atoms with Gasteiger partial charge in [0.1, 0.15) is 8.07 Å². The topological polar surface area (TPSA) is 20.2 Å². The molecule has 1 atom stereocenters. The van der Waals surface area contributed by atoms with Gasteiger partial charge in [-0.2, -0.15) is 0 Å². The van der Waals surface area contributed by atoms with Gasteiger partial charge >= 0.3 is 0 Å². The molecule has 0 saturated heterocycles. The van der Waals surface area contributed by atoms with E-state index in [9.17, 15) is 5.11 Å². The molecule has 0 spiro atoms. The SMILES string of the molecule is CC1(C)C/C(=C/[Si](C)(C)c2ccccc2)CC(O)C1. The molecule has 104 valence electrons. The monoisotopic (exact) mass is 274 g/mol. The van der Waals surface area contributed by atoms with Gasteiger partial charge in [0.15, 0.2) is 0 Å². The molecule has 0 radical (unpaired) electrons. The number of rotatable bonds is 2. The Kier molecular flexibility index (Phi) is 4.02. The van der Waals surface area contributed by atoms with E-state index in [0.29, 0.717) is 0 Å². The van der Waals surface area contributed by atoms with E-state index in [1.54, 1.807) is 0 Å². The third kappa shape index (κ3) is 3.80. The maximum atomic E-state index is 10.1. The quantitative estimate of drug-likeness (QED) is 0.816. The molecule has 1 saturated carbocycles. The Hall–Kier alpha value is -0.863. The first-order chi connectivity index (χ1) is 8.78. The van der Waals surface area contributed by atoms with Crippen LogP contribution < -0.4 is 5.19 Å². The molecule has 0 heterocycles. The zero-order valence-electron chi connectivity index (χ0n) is 12.6. The summed E-state index contributed by atoms with van der Waals surface area (Å²) in [6, 6.07) is 10.8. The Balaban J connectivity index is 2.25. The standard InChI is InChI=1S/C17H26OSi/c1-17(2)11-14(10-15(18)12-17)13-19(3,4)16-8-6-5-7-9-16/h5-9,13,15,18H,10-12H2,1-4H3/b14-13+. The molecule has 1 nitrogen and oxygen atoms in total. The van der Waals surface area contributed by atoms with E-state index in [4.69, 9.17) is 0 Å². The number of hydrogen-bond acceptors (Lipinski definition) is 1. The number of aliphatic hydroxyl groups excluding tert-OH is 1. The normalized spacial score (nSPS) is 25.5. The molecule has 1 aromatic rings. The molecule has 0 aliphatic heterocycles. The van der Waals surface area contributed by atoms with Crippen LogP contribution in [-0.4, -0.2) is 19.3 Å². The molecule has 1 fully saturated rings. The van der Waals surface area contributed by atoms with E-state index in [1.165, 1.54) is 10.8 Å². The summed E-state index contributed by atoms with van der Waals surface area (Å²) in [5.41, 5.74) is 4.21. The average molecular weight is 274 g/mol. The van der Waals surface area contributed by atoms with Crippen LogP contribution in [0.25, 0.3) is 0 Å². The summed E-state index contributed by atoms with van der Waals surface area (Å²) in [6.45, 7) is 9.31. The zero-order chi connectivity index (χ0) is 14.1. The van der Waals surface area contributed by atoms with E-state index < -0.39 is 8.07 Å². The second-order valence-electron chi connectivity index (χ2n) is 7.29. The summed E-state index contributed by atoms with van der Waals surface area (Å²) in [7, 11) is -1.53. The van der Waals surface area contributed by atoms with Crippen LogP contribution >= 0.6 is 0 Å². The van der Waals surface area contributed by atoms with Crippen LogP contribution in [0.15, 0.2) is 41.6 Å². The van der Waals surface area contributed by atoms with Crippen molar-refractivity contribution < 1.29 is 5.11 Å². The molecule has 1 unspecified atom stereocenters. The zero-order valence-corrected chi connectivity index (χ0v) is 13.6.